The number of hydrogen-bond donors (Lipinski definition) is 7. The lowest BCUT2D eigenvalue weighted by atomic mass is 10.0. The summed E-state index contributed by atoms with van der Waals surface area (Å²) in [7, 11) is 0. The van der Waals surface area contributed by atoms with Crippen LogP contribution in [-0.4, -0.2) is 87.3 Å². The third-order valence-electron chi connectivity index (χ3n) is 5.24. The zero-order valence-electron chi connectivity index (χ0n) is 20.2. The third kappa shape index (κ3) is 11.1. The van der Waals surface area contributed by atoms with Crippen molar-refractivity contribution < 1.29 is 39.3 Å². The Morgan fingerprint density at radius 2 is 1.44 bits per heavy atom. The van der Waals surface area contributed by atoms with Crippen LogP contribution in [-0.2, 0) is 30.4 Å². The Kier molecular flexibility index (Phi) is 13.5. The van der Waals surface area contributed by atoms with Gasteiger partial charge in [0.1, 0.15) is 24.2 Å². The van der Waals surface area contributed by atoms with Crippen LogP contribution >= 0.6 is 11.8 Å². The molecule has 12 nitrogen and oxygen atoms in total. The van der Waals surface area contributed by atoms with Crippen LogP contribution in [0.2, 0.25) is 0 Å². The van der Waals surface area contributed by atoms with Gasteiger partial charge < -0.3 is 37.0 Å². The summed E-state index contributed by atoms with van der Waals surface area (Å²) in [6, 6.07) is 3.56. The number of aliphatic carboxylic acids is 2. The molecule has 1 aromatic rings. The average molecular weight is 527 g/mol. The van der Waals surface area contributed by atoms with Gasteiger partial charge in [0.25, 0.3) is 0 Å². The van der Waals surface area contributed by atoms with Gasteiger partial charge in [0.2, 0.25) is 17.7 Å². The molecular weight excluding hydrogens is 492 g/mol. The number of benzene rings is 1. The fourth-order valence-corrected chi connectivity index (χ4v) is 3.59. The molecule has 3 amide bonds. The number of nitrogens with one attached hydrogen (secondary N) is 3. The molecule has 0 aliphatic heterocycles. The van der Waals surface area contributed by atoms with Crippen molar-refractivity contribution in [2.75, 3.05) is 12.0 Å². The number of hydrogen-bond acceptors (Lipinski definition) is 8. The second-order valence-corrected chi connectivity index (χ2v) is 9.18. The van der Waals surface area contributed by atoms with E-state index in [0.717, 1.165) is 0 Å². The number of aliphatic hydroxyl groups is 1. The number of amides is 3. The lowest BCUT2D eigenvalue weighted by Crippen LogP contribution is -2.58. The lowest BCUT2D eigenvalue weighted by molar-refractivity contribution is -0.142. The van der Waals surface area contributed by atoms with Crippen LogP contribution < -0.4 is 21.7 Å². The van der Waals surface area contributed by atoms with Crippen molar-refractivity contribution in [2.45, 2.75) is 62.9 Å². The van der Waals surface area contributed by atoms with E-state index in [2.05, 4.69) is 16.0 Å². The second-order valence-electron chi connectivity index (χ2n) is 8.19. The largest absolute Gasteiger partial charge is 0.481 e. The van der Waals surface area contributed by atoms with Gasteiger partial charge in [0.15, 0.2) is 0 Å². The molecule has 0 saturated carbocycles. The summed E-state index contributed by atoms with van der Waals surface area (Å²) in [5, 5.41) is 35.3. The van der Waals surface area contributed by atoms with Crippen molar-refractivity contribution in [3.05, 3.63) is 35.9 Å². The second kappa shape index (κ2) is 15.8. The Bertz CT molecular complexity index is 899. The summed E-state index contributed by atoms with van der Waals surface area (Å²) >= 11 is 1.42. The van der Waals surface area contributed by atoms with Crippen molar-refractivity contribution in [1.29, 1.82) is 0 Å². The minimum absolute atomic E-state index is 0.0140. The molecule has 0 aromatic heterocycles. The number of carbonyl (C=O) groups excluding carboxylic acids is 3. The van der Waals surface area contributed by atoms with E-state index in [-0.39, 0.29) is 19.3 Å². The molecule has 0 radical (unpaired) electrons. The quantitative estimate of drug-likeness (QED) is 0.141. The summed E-state index contributed by atoms with van der Waals surface area (Å²) in [6.45, 7) is 1.28. The first-order chi connectivity index (χ1) is 17.0. The first-order valence-electron chi connectivity index (χ1n) is 11.3. The van der Waals surface area contributed by atoms with Crippen molar-refractivity contribution in [2.24, 2.45) is 5.73 Å². The van der Waals surface area contributed by atoms with E-state index in [0.29, 0.717) is 11.3 Å². The van der Waals surface area contributed by atoms with E-state index in [4.69, 9.17) is 10.8 Å². The number of nitrogens with two attached hydrogens (primary N) is 1. The minimum Gasteiger partial charge on any atom is -0.481 e. The van der Waals surface area contributed by atoms with Gasteiger partial charge in [-0.25, -0.2) is 4.79 Å². The number of carbonyl (C=O) groups is 5. The predicted molar refractivity (Wildman–Crippen MR) is 133 cm³/mol. The fraction of sp³-hybridized carbons (Fsp3) is 0.522. The highest BCUT2D eigenvalue weighted by Crippen LogP contribution is 2.08. The number of carboxylic acid groups (broad SMARTS) is 2. The molecule has 1 aromatic carbocycles. The maximum Gasteiger partial charge on any atom is 0.326 e. The topological polar surface area (TPSA) is 208 Å². The molecule has 0 aliphatic rings. The number of aliphatic hydroxyl groups excluding tert-OH is 1. The van der Waals surface area contributed by atoms with Gasteiger partial charge in [-0.2, -0.15) is 11.8 Å². The molecule has 8 N–H and O–H groups in total. The van der Waals surface area contributed by atoms with Crippen LogP contribution in [0.3, 0.4) is 0 Å². The zero-order chi connectivity index (χ0) is 27.3. The Balaban J connectivity index is 3.13. The summed E-state index contributed by atoms with van der Waals surface area (Å²) in [6.07, 6.45) is -0.00568. The summed E-state index contributed by atoms with van der Waals surface area (Å²) in [4.78, 5) is 61.1. The number of carboxylic acids is 2. The van der Waals surface area contributed by atoms with E-state index in [1.165, 1.54) is 18.7 Å². The minimum atomic E-state index is -1.36. The molecule has 1 rings (SSSR count). The highest BCUT2D eigenvalue weighted by atomic mass is 32.2. The van der Waals surface area contributed by atoms with E-state index in [9.17, 15) is 34.2 Å². The Labute approximate surface area is 213 Å². The lowest BCUT2D eigenvalue weighted by Gasteiger charge is -2.25. The standard InChI is InChI=1S/C23H34N4O8S/c1-13(28)19(24)22(33)25-15(8-9-18(29)30)20(31)27-17(12-14-6-4-3-5-7-14)21(32)26-16(23(34)35)10-11-36-2/h3-7,13,15-17,19,28H,8-12,24H2,1-2H3,(H,25,33)(H,26,32)(H,27,31)(H,29,30)(H,34,35). The molecular formula is C23H34N4O8S. The van der Waals surface area contributed by atoms with E-state index < -0.39 is 66.4 Å². The Morgan fingerprint density at radius 1 is 0.889 bits per heavy atom. The first-order valence-corrected chi connectivity index (χ1v) is 12.7. The first kappa shape index (κ1) is 30.9. The summed E-state index contributed by atoms with van der Waals surface area (Å²) < 4.78 is 0. The normalized spacial score (nSPS) is 15.0. The van der Waals surface area contributed by atoms with Crippen LogP contribution in [0.4, 0.5) is 0 Å². The third-order valence-corrected chi connectivity index (χ3v) is 5.89. The molecule has 0 saturated heterocycles. The highest BCUT2D eigenvalue weighted by Gasteiger charge is 2.31. The highest BCUT2D eigenvalue weighted by molar-refractivity contribution is 7.98. The SMILES string of the molecule is CSCCC(NC(=O)C(Cc1ccccc1)NC(=O)C(CCC(=O)O)NC(=O)C(N)C(C)O)C(=O)O. The smallest absolute Gasteiger partial charge is 0.326 e. The van der Waals surface area contributed by atoms with Crippen molar-refractivity contribution in [3.8, 4) is 0 Å². The maximum atomic E-state index is 13.1. The van der Waals surface area contributed by atoms with Crippen LogP contribution in [0.15, 0.2) is 30.3 Å². The summed E-state index contributed by atoms with van der Waals surface area (Å²) in [5.41, 5.74) is 6.28. The van der Waals surface area contributed by atoms with E-state index in [1.54, 1.807) is 36.6 Å². The van der Waals surface area contributed by atoms with Gasteiger partial charge in [-0.3, -0.25) is 19.2 Å². The monoisotopic (exact) mass is 526 g/mol. The molecule has 0 spiro atoms. The number of rotatable bonds is 16. The van der Waals surface area contributed by atoms with Gasteiger partial charge >= 0.3 is 11.9 Å². The predicted octanol–water partition coefficient (Wildman–Crippen LogP) is -0.906. The van der Waals surface area contributed by atoms with Crippen LogP contribution in [0.25, 0.3) is 0 Å². The van der Waals surface area contributed by atoms with E-state index in [1.807, 2.05) is 0 Å². The van der Waals surface area contributed by atoms with Crippen molar-refractivity contribution in [3.63, 3.8) is 0 Å². The summed E-state index contributed by atoms with van der Waals surface area (Å²) in [5.74, 6) is -4.42. The van der Waals surface area contributed by atoms with Gasteiger partial charge in [0, 0.05) is 12.8 Å². The van der Waals surface area contributed by atoms with Crippen molar-refractivity contribution >= 4 is 41.4 Å². The zero-order valence-corrected chi connectivity index (χ0v) is 21.0. The van der Waals surface area contributed by atoms with Crippen LogP contribution in [0.1, 0.15) is 31.7 Å². The molecule has 0 fully saturated rings. The van der Waals surface area contributed by atoms with Gasteiger partial charge in [-0.15, -0.1) is 0 Å². The molecule has 5 atom stereocenters. The molecule has 36 heavy (non-hydrogen) atoms. The van der Waals surface area contributed by atoms with E-state index >= 15 is 0 Å². The Hall–Kier alpha value is -3.16. The van der Waals surface area contributed by atoms with Gasteiger partial charge in [-0.05, 0) is 37.3 Å². The molecule has 5 unspecified atom stereocenters. The molecule has 200 valence electrons. The van der Waals surface area contributed by atoms with Crippen LogP contribution in [0, 0.1) is 0 Å². The molecule has 13 heteroatoms. The Morgan fingerprint density at radius 3 is 1.97 bits per heavy atom. The molecule has 0 heterocycles. The van der Waals surface area contributed by atoms with Crippen LogP contribution in [0.5, 0.6) is 0 Å². The average Bonchev–Trinajstić information content (AvgIpc) is 2.83. The maximum absolute atomic E-state index is 13.1. The van der Waals surface area contributed by atoms with Gasteiger partial charge in [0.05, 0.1) is 6.10 Å². The van der Waals surface area contributed by atoms with Crippen molar-refractivity contribution in [1.82, 2.24) is 16.0 Å². The van der Waals surface area contributed by atoms with Gasteiger partial charge in [-0.1, -0.05) is 30.3 Å². The molecule has 0 aliphatic carbocycles. The fourth-order valence-electron chi connectivity index (χ4n) is 3.12. The molecule has 0 bridgehead atoms. The number of thioether (sulfide) groups is 1.